The molecule has 17 heavy (non-hydrogen) atoms. The van der Waals surface area contributed by atoms with Crippen molar-refractivity contribution < 1.29 is 9.53 Å². The zero-order valence-electron chi connectivity index (χ0n) is 10.2. The molecular formula is C12H17N3O2. The van der Waals surface area contributed by atoms with Crippen LogP contribution in [0, 0.1) is 0 Å². The summed E-state index contributed by atoms with van der Waals surface area (Å²) in [6, 6.07) is 7.94. The molecular weight excluding hydrogens is 218 g/mol. The van der Waals surface area contributed by atoms with Crippen LogP contribution in [0.4, 0.5) is 4.79 Å². The van der Waals surface area contributed by atoms with Gasteiger partial charge in [0.2, 0.25) is 0 Å². The lowest BCUT2D eigenvalue weighted by atomic mass is 10.2. The van der Waals surface area contributed by atoms with E-state index in [1.54, 1.807) is 27.1 Å². The number of H-pyrrole nitrogens is 1. The van der Waals surface area contributed by atoms with Crippen molar-refractivity contribution in [2.75, 3.05) is 0 Å². The maximum atomic E-state index is 10.0. The van der Waals surface area contributed by atoms with Gasteiger partial charge in [-0.15, -0.1) is 0 Å². The zero-order chi connectivity index (χ0) is 12.9. The molecule has 3 N–H and O–H groups in total. The summed E-state index contributed by atoms with van der Waals surface area (Å²) in [5.41, 5.74) is 6.39. The fourth-order valence-corrected chi connectivity index (χ4v) is 1.18. The highest BCUT2D eigenvalue weighted by atomic mass is 16.6. The predicted molar refractivity (Wildman–Crippen MR) is 66.5 cm³/mol. The standard InChI is InChI=1S/C7H6N2.C5H11NO2/c1-2-4-7-6(3-1)8-5-9-7;1-5(2,3)8-4(6)7/h1-5H,(H,8,9);1-3H3,(H2,6,7). The van der Waals surface area contributed by atoms with E-state index in [0.717, 1.165) is 11.0 Å². The summed E-state index contributed by atoms with van der Waals surface area (Å²) in [6.45, 7) is 5.28. The summed E-state index contributed by atoms with van der Waals surface area (Å²) in [4.78, 5) is 17.1. The lowest BCUT2D eigenvalue weighted by Crippen LogP contribution is -2.27. The second-order valence-electron chi connectivity index (χ2n) is 4.45. The Kier molecular flexibility index (Phi) is 4.09. The summed E-state index contributed by atoms with van der Waals surface area (Å²) in [7, 11) is 0. The van der Waals surface area contributed by atoms with Crippen molar-refractivity contribution in [3.63, 3.8) is 0 Å². The lowest BCUT2D eigenvalue weighted by Gasteiger charge is -2.16. The number of hydrogen-bond donors (Lipinski definition) is 2. The van der Waals surface area contributed by atoms with Crippen molar-refractivity contribution in [1.82, 2.24) is 9.97 Å². The number of carbonyl (C=O) groups is 1. The number of imidazole rings is 1. The van der Waals surface area contributed by atoms with E-state index in [9.17, 15) is 4.79 Å². The maximum absolute atomic E-state index is 10.0. The van der Waals surface area contributed by atoms with Crippen molar-refractivity contribution in [3.05, 3.63) is 30.6 Å². The summed E-state index contributed by atoms with van der Waals surface area (Å²) < 4.78 is 4.58. The van der Waals surface area contributed by atoms with Crippen molar-refractivity contribution >= 4 is 17.1 Å². The monoisotopic (exact) mass is 235 g/mol. The zero-order valence-corrected chi connectivity index (χ0v) is 10.2. The number of nitrogens with zero attached hydrogens (tertiary/aromatic N) is 1. The fraction of sp³-hybridized carbons (Fsp3) is 0.333. The quantitative estimate of drug-likeness (QED) is 0.735. The Bertz CT molecular complexity index is 455. The molecule has 0 aliphatic rings. The van der Waals surface area contributed by atoms with Gasteiger partial charge in [-0.2, -0.15) is 0 Å². The first-order valence-corrected chi connectivity index (χ1v) is 5.25. The maximum Gasteiger partial charge on any atom is 0.405 e. The van der Waals surface area contributed by atoms with Gasteiger partial charge in [-0.25, -0.2) is 9.78 Å². The van der Waals surface area contributed by atoms with E-state index in [-0.39, 0.29) is 0 Å². The number of rotatable bonds is 0. The molecule has 2 aromatic rings. The summed E-state index contributed by atoms with van der Waals surface area (Å²) >= 11 is 0. The molecule has 0 spiro atoms. The molecule has 1 heterocycles. The number of benzene rings is 1. The van der Waals surface area contributed by atoms with Crippen LogP contribution < -0.4 is 5.73 Å². The Labute approximate surface area is 100.0 Å². The summed E-state index contributed by atoms with van der Waals surface area (Å²) in [5.74, 6) is 0. The highest BCUT2D eigenvalue weighted by Gasteiger charge is 2.12. The van der Waals surface area contributed by atoms with E-state index in [2.05, 4.69) is 14.7 Å². The molecule has 0 radical (unpaired) electrons. The number of ether oxygens (including phenoxy) is 1. The number of fused-ring (bicyclic) bond motifs is 1. The number of hydrogen-bond acceptors (Lipinski definition) is 3. The van der Waals surface area contributed by atoms with Crippen molar-refractivity contribution in [1.29, 1.82) is 0 Å². The number of para-hydroxylation sites is 2. The molecule has 2 rings (SSSR count). The molecule has 0 saturated carbocycles. The molecule has 5 heteroatoms. The predicted octanol–water partition coefficient (Wildman–Crippen LogP) is 2.44. The average molecular weight is 235 g/mol. The summed E-state index contributed by atoms with van der Waals surface area (Å²) in [6.07, 6.45) is 0.975. The molecule has 0 aliphatic carbocycles. The van der Waals surface area contributed by atoms with Crippen LogP contribution in [-0.2, 0) is 4.74 Å². The first-order chi connectivity index (χ1) is 7.88. The number of aromatic amines is 1. The molecule has 0 aliphatic heterocycles. The van der Waals surface area contributed by atoms with Gasteiger partial charge in [0.15, 0.2) is 0 Å². The molecule has 5 nitrogen and oxygen atoms in total. The van der Waals surface area contributed by atoms with Crippen LogP contribution in [0.1, 0.15) is 20.8 Å². The SMILES string of the molecule is CC(C)(C)OC(N)=O.c1ccc2[nH]cnc2c1. The average Bonchev–Trinajstić information content (AvgIpc) is 2.61. The number of nitrogens with two attached hydrogens (primary N) is 1. The van der Waals surface area contributed by atoms with Gasteiger partial charge in [-0.3, -0.25) is 0 Å². The van der Waals surface area contributed by atoms with Gasteiger partial charge in [-0.1, -0.05) is 12.1 Å². The Morgan fingerprint density at radius 2 is 2.00 bits per heavy atom. The van der Waals surface area contributed by atoms with Gasteiger partial charge in [-0.05, 0) is 32.9 Å². The number of aromatic nitrogens is 2. The van der Waals surface area contributed by atoms with Gasteiger partial charge in [0.1, 0.15) is 5.60 Å². The minimum absolute atomic E-state index is 0.453. The van der Waals surface area contributed by atoms with E-state index < -0.39 is 11.7 Å². The Morgan fingerprint density at radius 3 is 2.47 bits per heavy atom. The van der Waals surface area contributed by atoms with Crippen LogP contribution in [0.2, 0.25) is 0 Å². The molecule has 0 saturated heterocycles. The number of nitrogens with one attached hydrogen (secondary N) is 1. The van der Waals surface area contributed by atoms with Crippen LogP contribution in [0.25, 0.3) is 11.0 Å². The first kappa shape index (κ1) is 13.0. The van der Waals surface area contributed by atoms with Crippen LogP contribution in [-0.4, -0.2) is 21.7 Å². The fourth-order valence-electron chi connectivity index (χ4n) is 1.18. The molecule has 0 fully saturated rings. The van der Waals surface area contributed by atoms with E-state index in [1.807, 2.05) is 24.3 Å². The van der Waals surface area contributed by atoms with Crippen LogP contribution in [0.15, 0.2) is 30.6 Å². The Balaban J connectivity index is 0.000000172. The lowest BCUT2D eigenvalue weighted by molar-refractivity contribution is 0.0600. The molecule has 1 aromatic heterocycles. The van der Waals surface area contributed by atoms with Crippen LogP contribution >= 0.6 is 0 Å². The van der Waals surface area contributed by atoms with E-state index >= 15 is 0 Å². The second-order valence-corrected chi connectivity index (χ2v) is 4.45. The topological polar surface area (TPSA) is 81.0 Å². The number of amides is 1. The highest BCUT2D eigenvalue weighted by Crippen LogP contribution is 2.05. The molecule has 0 unspecified atom stereocenters. The van der Waals surface area contributed by atoms with Crippen molar-refractivity contribution in [2.24, 2.45) is 5.73 Å². The normalized spacial score (nSPS) is 10.5. The molecule has 1 amide bonds. The van der Waals surface area contributed by atoms with E-state index in [1.165, 1.54) is 0 Å². The van der Waals surface area contributed by atoms with Gasteiger partial charge in [0, 0.05) is 0 Å². The molecule has 0 atom stereocenters. The smallest absolute Gasteiger partial charge is 0.405 e. The van der Waals surface area contributed by atoms with Gasteiger partial charge >= 0.3 is 6.09 Å². The minimum Gasteiger partial charge on any atom is -0.444 e. The van der Waals surface area contributed by atoms with Crippen molar-refractivity contribution in [2.45, 2.75) is 26.4 Å². The Morgan fingerprint density at radius 1 is 1.35 bits per heavy atom. The summed E-state index contributed by atoms with van der Waals surface area (Å²) in [5, 5.41) is 0. The third-order valence-electron chi connectivity index (χ3n) is 1.73. The highest BCUT2D eigenvalue weighted by molar-refractivity contribution is 5.73. The van der Waals surface area contributed by atoms with Crippen LogP contribution in [0.3, 0.4) is 0 Å². The van der Waals surface area contributed by atoms with Crippen molar-refractivity contribution in [3.8, 4) is 0 Å². The van der Waals surface area contributed by atoms with E-state index in [4.69, 9.17) is 5.73 Å². The Hall–Kier alpha value is -2.04. The van der Waals surface area contributed by atoms with E-state index in [0.29, 0.717) is 0 Å². The third kappa shape index (κ3) is 5.01. The largest absolute Gasteiger partial charge is 0.444 e. The molecule has 0 bridgehead atoms. The minimum atomic E-state index is -0.725. The van der Waals surface area contributed by atoms with Gasteiger partial charge < -0.3 is 15.5 Å². The number of carbonyl (C=O) groups excluding carboxylic acids is 1. The first-order valence-electron chi connectivity index (χ1n) is 5.25. The third-order valence-corrected chi connectivity index (χ3v) is 1.73. The number of primary amides is 1. The van der Waals surface area contributed by atoms with Crippen LogP contribution in [0.5, 0.6) is 0 Å². The van der Waals surface area contributed by atoms with Gasteiger partial charge in [0.05, 0.1) is 17.4 Å². The second kappa shape index (κ2) is 5.34. The molecule has 1 aromatic carbocycles. The molecule has 92 valence electrons. The van der Waals surface area contributed by atoms with Gasteiger partial charge in [0.25, 0.3) is 0 Å².